The number of rotatable bonds is 11. The van der Waals surface area contributed by atoms with Crippen LogP contribution in [0, 0.1) is 17.7 Å². The Bertz CT molecular complexity index is 578. The third kappa shape index (κ3) is 9.69. The second-order valence-electron chi connectivity index (χ2n) is 9.97. The zero-order valence-electron chi connectivity index (χ0n) is 20.2. The van der Waals surface area contributed by atoms with Crippen LogP contribution in [-0.4, -0.2) is 11.5 Å². The summed E-state index contributed by atoms with van der Waals surface area (Å²) < 4.78 is 0. The lowest BCUT2D eigenvalue weighted by Crippen LogP contribution is -2.47. The Morgan fingerprint density at radius 2 is 1.43 bits per heavy atom. The van der Waals surface area contributed by atoms with Gasteiger partial charge >= 0.3 is 0 Å². The third-order valence-corrected chi connectivity index (χ3v) is 7.11. The summed E-state index contributed by atoms with van der Waals surface area (Å²) in [5, 5.41) is 1.17. The highest BCUT2D eigenvalue weighted by Crippen LogP contribution is 2.49. The minimum atomic E-state index is -0.779. The average Bonchev–Trinajstić information content (AvgIpc) is 2.57. The molecule has 0 spiro atoms. The Hall–Kier alpha value is -0.675. The van der Waals surface area contributed by atoms with Crippen LogP contribution in [0.5, 0.6) is 0 Å². The summed E-state index contributed by atoms with van der Waals surface area (Å²) in [5.74, 6) is 8.17. The Morgan fingerprint density at radius 1 is 0.929 bits per heavy atom. The maximum Gasteiger partial charge on any atom is 0.0772 e. The van der Waals surface area contributed by atoms with E-state index in [4.69, 9.17) is 0 Å². The first kappa shape index (κ1) is 27.3. The maximum atomic E-state index is 3.91. The SMILES string of the molecule is CC(C)=CCC[B-](C#CCC/C(C)=C\CBr)(CCC=C(C)C)C(C)(C)C(C)C. The van der Waals surface area contributed by atoms with Crippen molar-refractivity contribution in [1.82, 2.24) is 0 Å². The first-order valence-corrected chi connectivity index (χ1v) is 12.3. The van der Waals surface area contributed by atoms with Crippen molar-refractivity contribution < 1.29 is 0 Å². The molecule has 0 radical (unpaired) electrons. The molecule has 160 valence electrons. The molecule has 0 aromatic carbocycles. The van der Waals surface area contributed by atoms with Gasteiger partial charge in [0.1, 0.15) is 0 Å². The molecule has 0 heterocycles. The normalized spacial score (nSPS) is 12.5. The molecule has 0 aliphatic heterocycles. The van der Waals surface area contributed by atoms with Crippen molar-refractivity contribution in [3.05, 3.63) is 34.9 Å². The summed E-state index contributed by atoms with van der Waals surface area (Å²) in [6, 6.07) is 0. The highest BCUT2D eigenvalue weighted by molar-refractivity contribution is 9.09. The van der Waals surface area contributed by atoms with Gasteiger partial charge in [0.25, 0.3) is 0 Å². The second kappa shape index (κ2) is 13.5. The van der Waals surface area contributed by atoms with Crippen molar-refractivity contribution in [1.29, 1.82) is 0 Å². The minimum absolute atomic E-state index is 0.235. The van der Waals surface area contributed by atoms with Gasteiger partial charge in [-0.2, -0.15) is 12.6 Å². The Balaban J connectivity index is 5.83. The predicted molar refractivity (Wildman–Crippen MR) is 137 cm³/mol. The molecular weight excluding hydrogens is 403 g/mol. The molecule has 0 nitrogen and oxygen atoms in total. The number of alkyl halides is 1. The van der Waals surface area contributed by atoms with E-state index in [0.29, 0.717) is 5.92 Å². The summed E-state index contributed by atoms with van der Waals surface area (Å²) >= 11 is 3.49. The van der Waals surface area contributed by atoms with Crippen LogP contribution < -0.4 is 0 Å². The quantitative estimate of drug-likeness (QED) is 0.128. The van der Waals surface area contributed by atoms with E-state index in [9.17, 15) is 0 Å². The average molecular weight is 448 g/mol. The maximum absolute atomic E-state index is 3.91. The van der Waals surface area contributed by atoms with Crippen LogP contribution in [0.25, 0.3) is 0 Å². The Labute approximate surface area is 185 Å². The first-order valence-electron chi connectivity index (χ1n) is 11.2. The molecule has 0 saturated carbocycles. The van der Waals surface area contributed by atoms with Crippen LogP contribution in [0.2, 0.25) is 18.0 Å². The lowest BCUT2D eigenvalue weighted by Gasteiger charge is -2.53. The van der Waals surface area contributed by atoms with E-state index in [1.165, 1.54) is 29.4 Å². The van der Waals surface area contributed by atoms with Crippen molar-refractivity contribution in [2.24, 2.45) is 5.92 Å². The summed E-state index contributed by atoms with van der Waals surface area (Å²) in [7, 11) is 0. The molecule has 0 aliphatic rings. The molecule has 0 aromatic heterocycles. The lowest BCUT2D eigenvalue weighted by atomic mass is 9.10. The van der Waals surface area contributed by atoms with Gasteiger partial charge in [-0.25, -0.2) is 0 Å². The van der Waals surface area contributed by atoms with Crippen LogP contribution in [0.4, 0.5) is 0 Å². The standard InChI is InChI=1S/C26H45BBr/c1-22(2)14-12-19-27(20-13-15-23(3)4,26(8,9)24(5)6)18-11-10-16-25(7)17-21-28/h14-15,17,24H,10,12-13,16,19-21H2,1-9H3/q-1/b25-17-. The summed E-state index contributed by atoms with van der Waals surface area (Å²) in [5.41, 5.74) is 4.26. The molecule has 2 heteroatoms. The second-order valence-corrected chi connectivity index (χ2v) is 10.6. The van der Waals surface area contributed by atoms with E-state index >= 15 is 0 Å². The molecule has 0 rings (SSSR count). The molecule has 0 fully saturated rings. The van der Waals surface area contributed by atoms with Crippen LogP contribution >= 0.6 is 15.9 Å². The van der Waals surface area contributed by atoms with E-state index in [-0.39, 0.29) is 5.31 Å². The summed E-state index contributed by atoms with van der Waals surface area (Å²) in [4.78, 5) is 0. The number of allylic oxidation sites excluding steroid dienone is 6. The van der Waals surface area contributed by atoms with Gasteiger partial charge in [-0.1, -0.05) is 97.3 Å². The van der Waals surface area contributed by atoms with Crippen molar-refractivity contribution in [2.45, 2.75) is 106 Å². The number of hydrogen-bond donors (Lipinski definition) is 0. The largest absolute Gasteiger partial charge is 0.314 e. The molecule has 0 atom stereocenters. The van der Waals surface area contributed by atoms with E-state index in [0.717, 1.165) is 31.0 Å². The van der Waals surface area contributed by atoms with Gasteiger partial charge in [0.2, 0.25) is 0 Å². The van der Waals surface area contributed by atoms with Crippen LogP contribution in [0.15, 0.2) is 34.9 Å². The third-order valence-electron chi connectivity index (χ3n) is 6.78. The molecule has 0 aromatic rings. The fourth-order valence-corrected chi connectivity index (χ4v) is 4.48. The van der Waals surface area contributed by atoms with E-state index in [1.54, 1.807) is 0 Å². The van der Waals surface area contributed by atoms with Gasteiger partial charge in [-0.15, -0.1) is 11.2 Å². The highest BCUT2D eigenvalue weighted by atomic mass is 79.9. The Kier molecular flexibility index (Phi) is 13.2. The summed E-state index contributed by atoms with van der Waals surface area (Å²) in [6.45, 7) is 20.7. The van der Waals surface area contributed by atoms with Crippen molar-refractivity contribution in [3.63, 3.8) is 0 Å². The fraction of sp³-hybridized carbons (Fsp3) is 0.692. The van der Waals surface area contributed by atoms with Gasteiger partial charge in [-0.3, -0.25) is 0 Å². The molecular formula is C26H45BBr-. The van der Waals surface area contributed by atoms with E-state index in [1.807, 2.05) is 0 Å². The zero-order valence-corrected chi connectivity index (χ0v) is 21.8. The van der Waals surface area contributed by atoms with Crippen LogP contribution in [-0.2, 0) is 0 Å². The molecule has 0 N–H and O–H groups in total. The molecule has 28 heavy (non-hydrogen) atoms. The van der Waals surface area contributed by atoms with E-state index < -0.39 is 6.15 Å². The predicted octanol–water partition coefficient (Wildman–Crippen LogP) is 9.25. The van der Waals surface area contributed by atoms with Gasteiger partial charge in [0.05, 0.1) is 6.15 Å². The van der Waals surface area contributed by atoms with Crippen molar-refractivity contribution in [2.75, 3.05) is 5.33 Å². The molecule has 0 amide bonds. The van der Waals surface area contributed by atoms with Gasteiger partial charge in [0.15, 0.2) is 0 Å². The van der Waals surface area contributed by atoms with Crippen molar-refractivity contribution >= 4 is 22.1 Å². The van der Waals surface area contributed by atoms with Gasteiger partial charge < -0.3 is 5.82 Å². The molecule has 0 bridgehead atoms. The molecule has 0 saturated heterocycles. The van der Waals surface area contributed by atoms with Crippen molar-refractivity contribution in [3.8, 4) is 11.7 Å². The topological polar surface area (TPSA) is 0 Å². The monoisotopic (exact) mass is 447 g/mol. The fourth-order valence-electron chi connectivity index (χ4n) is 3.93. The minimum Gasteiger partial charge on any atom is -0.314 e. The van der Waals surface area contributed by atoms with Crippen LogP contribution in [0.3, 0.4) is 0 Å². The molecule has 0 aliphatic carbocycles. The Morgan fingerprint density at radius 3 is 1.82 bits per heavy atom. The number of hydrogen-bond acceptors (Lipinski definition) is 0. The summed E-state index contributed by atoms with van der Waals surface area (Å²) in [6.07, 6.45) is 13.0. The lowest BCUT2D eigenvalue weighted by molar-refractivity contribution is 0.456. The first-order chi connectivity index (χ1) is 13.0. The number of halogens is 1. The molecule has 0 unspecified atom stereocenters. The van der Waals surface area contributed by atoms with Gasteiger partial charge in [-0.05, 0) is 41.0 Å². The van der Waals surface area contributed by atoms with E-state index in [2.05, 4.69) is 108 Å². The smallest absolute Gasteiger partial charge is 0.0772 e. The van der Waals surface area contributed by atoms with Crippen LogP contribution in [0.1, 0.15) is 88.0 Å². The zero-order chi connectivity index (χ0) is 21.8. The van der Waals surface area contributed by atoms with Gasteiger partial charge in [0, 0.05) is 11.8 Å². The highest BCUT2D eigenvalue weighted by Gasteiger charge is 2.38.